The van der Waals surface area contributed by atoms with E-state index in [9.17, 15) is 9.90 Å². The molecule has 3 N–H and O–H groups in total. The average molecular weight is 240 g/mol. The summed E-state index contributed by atoms with van der Waals surface area (Å²) in [5.41, 5.74) is 4.88. The third-order valence-corrected chi connectivity index (χ3v) is 4.48. The molecule has 1 aliphatic carbocycles. The van der Waals surface area contributed by atoms with Crippen LogP contribution in [0.5, 0.6) is 0 Å². The summed E-state index contributed by atoms with van der Waals surface area (Å²) in [5.74, 6) is -0.0609. The number of aliphatic hydroxyl groups is 1. The highest BCUT2D eigenvalue weighted by Gasteiger charge is 2.33. The van der Waals surface area contributed by atoms with Crippen LogP contribution in [0.15, 0.2) is 0 Å². The molecule has 2 rings (SSSR count). The average Bonchev–Trinajstić information content (AvgIpc) is 2.29. The van der Waals surface area contributed by atoms with E-state index in [0.29, 0.717) is 6.04 Å². The first-order valence-corrected chi connectivity index (χ1v) is 6.74. The zero-order valence-electron chi connectivity index (χ0n) is 10.7. The van der Waals surface area contributed by atoms with Crippen LogP contribution >= 0.6 is 0 Å². The van der Waals surface area contributed by atoms with Crippen molar-refractivity contribution in [2.75, 3.05) is 13.1 Å². The van der Waals surface area contributed by atoms with Crippen LogP contribution in [0.2, 0.25) is 0 Å². The number of piperidine rings is 1. The standard InChI is InChI=1S/C13H24N2O2/c1-13(17)6-2-11(3-7-13)15-8-4-10(5-9-15)12(14)16/h10-11,17H,2-9H2,1H3,(H2,14,16). The Labute approximate surface area is 103 Å². The minimum atomic E-state index is -0.456. The maximum Gasteiger partial charge on any atom is 0.220 e. The number of hydrogen-bond acceptors (Lipinski definition) is 3. The van der Waals surface area contributed by atoms with Gasteiger partial charge in [-0.3, -0.25) is 4.79 Å². The molecule has 2 aliphatic rings. The van der Waals surface area contributed by atoms with E-state index in [2.05, 4.69) is 4.90 Å². The van der Waals surface area contributed by atoms with Crippen molar-refractivity contribution in [3.63, 3.8) is 0 Å². The Balaban J connectivity index is 1.80. The molecule has 0 aromatic heterocycles. The fourth-order valence-electron chi connectivity index (χ4n) is 3.14. The van der Waals surface area contributed by atoms with Gasteiger partial charge >= 0.3 is 0 Å². The molecule has 0 aromatic carbocycles. The van der Waals surface area contributed by atoms with Gasteiger partial charge in [-0.05, 0) is 58.5 Å². The molecule has 0 radical (unpaired) electrons. The van der Waals surface area contributed by atoms with Gasteiger partial charge in [-0.15, -0.1) is 0 Å². The van der Waals surface area contributed by atoms with Gasteiger partial charge in [0.1, 0.15) is 0 Å². The predicted octanol–water partition coefficient (Wildman–Crippen LogP) is 0.877. The van der Waals surface area contributed by atoms with Crippen molar-refractivity contribution in [3.05, 3.63) is 0 Å². The van der Waals surface area contributed by atoms with E-state index in [1.54, 1.807) is 0 Å². The molecule has 1 saturated heterocycles. The van der Waals surface area contributed by atoms with Gasteiger partial charge < -0.3 is 15.7 Å². The largest absolute Gasteiger partial charge is 0.390 e. The lowest BCUT2D eigenvalue weighted by molar-refractivity contribution is -0.123. The minimum Gasteiger partial charge on any atom is -0.390 e. The molecular formula is C13H24N2O2. The van der Waals surface area contributed by atoms with Crippen LogP contribution in [0.4, 0.5) is 0 Å². The van der Waals surface area contributed by atoms with Crippen LogP contribution in [0.3, 0.4) is 0 Å². The number of nitrogens with zero attached hydrogens (tertiary/aromatic N) is 1. The number of nitrogens with two attached hydrogens (primary N) is 1. The maximum atomic E-state index is 11.1. The Morgan fingerprint density at radius 3 is 2.24 bits per heavy atom. The summed E-state index contributed by atoms with van der Waals surface area (Å²) in [6.07, 6.45) is 5.76. The Morgan fingerprint density at radius 1 is 1.24 bits per heavy atom. The van der Waals surface area contributed by atoms with Gasteiger partial charge in [0, 0.05) is 12.0 Å². The van der Waals surface area contributed by atoms with Crippen LogP contribution < -0.4 is 5.73 Å². The second-order valence-electron chi connectivity index (χ2n) is 5.94. The third kappa shape index (κ3) is 3.19. The number of hydrogen-bond donors (Lipinski definition) is 2. The van der Waals surface area contributed by atoms with Gasteiger partial charge in [-0.2, -0.15) is 0 Å². The maximum absolute atomic E-state index is 11.1. The van der Waals surface area contributed by atoms with Gasteiger partial charge in [0.15, 0.2) is 0 Å². The quantitative estimate of drug-likeness (QED) is 0.753. The normalized spacial score (nSPS) is 36.9. The van der Waals surface area contributed by atoms with E-state index in [1.165, 1.54) is 0 Å². The minimum absolute atomic E-state index is 0.0814. The molecule has 4 heteroatoms. The monoisotopic (exact) mass is 240 g/mol. The van der Waals surface area contributed by atoms with Crippen molar-refractivity contribution in [1.82, 2.24) is 4.90 Å². The Morgan fingerprint density at radius 2 is 1.76 bits per heavy atom. The number of primary amides is 1. The van der Waals surface area contributed by atoms with E-state index in [-0.39, 0.29) is 11.8 Å². The van der Waals surface area contributed by atoms with Crippen LogP contribution in [-0.4, -0.2) is 40.6 Å². The molecule has 1 amide bonds. The van der Waals surface area contributed by atoms with Gasteiger partial charge in [0.2, 0.25) is 5.91 Å². The van der Waals surface area contributed by atoms with E-state index in [1.807, 2.05) is 6.92 Å². The van der Waals surface area contributed by atoms with Crippen LogP contribution in [-0.2, 0) is 4.79 Å². The van der Waals surface area contributed by atoms with Crippen LogP contribution in [0.1, 0.15) is 45.4 Å². The molecule has 0 unspecified atom stereocenters. The number of carbonyl (C=O) groups excluding carboxylic acids is 1. The highest BCUT2D eigenvalue weighted by atomic mass is 16.3. The molecule has 1 aliphatic heterocycles. The summed E-state index contributed by atoms with van der Waals surface area (Å²) in [7, 11) is 0. The molecule has 0 spiro atoms. The molecule has 17 heavy (non-hydrogen) atoms. The Hall–Kier alpha value is -0.610. The second-order valence-corrected chi connectivity index (χ2v) is 5.94. The van der Waals surface area contributed by atoms with E-state index in [4.69, 9.17) is 5.73 Å². The number of likely N-dealkylation sites (tertiary alicyclic amines) is 1. The molecule has 1 heterocycles. The number of rotatable bonds is 2. The lowest BCUT2D eigenvalue weighted by Gasteiger charge is -2.42. The zero-order valence-corrected chi connectivity index (χ0v) is 10.7. The van der Waals surface area contributed by atoms with Crippen molar-refractivity contribution in [1.29, 1.82) is 0 Å². The Bertz CT molecular complexity index is 273. The summed E-state index contributed by atoms with van der Waals surface area (Å²) >= 11 is 0. The van der Waals surface area contributed by atoms with Crippen molar-refractivity contribution in [2.24, 2.45) is 11.7 Å². The number of amides is 1. The summed E-state index contributed by atoms with van der Waals surface area (Å²) in [4.78, 5) is 13.6. The van der Waals surface area contributed by atoms with Gasteiger partial charge in [-0.1, -0.05) is 0 Å². The topological polar surface area (TPSA) is 66.6 Å². The molecule has 4 nitrogen and oxygen atoms in total. The van der Waals surface area contributed by atoms with Crippen molar-refractivity contribution in [2.45, 2.75) is 57.1 Å². The molecular weight excluding hydrogens is 216 g/mol. The smallest absolute Gasteiger partial charge is 0.220 e. The van der Waals surface area contributed by atoms with E-state index in [0.717, 1.165) is 51.6 Å². The highest BCUT2D eigenvalue weighted by Crippen LogP contribution is 2.32. The first-order chi connectivity index (χ1) is 7.98. The third-order valence-electron chi connectivity index (χ3n) is 4.48. The fourth-order valence-corrected chi connectivity index (χ4v) is 3.14. The summed E-state index contributed by atoms with van der Waals surface area (Å²) in [6, 6.07) is 0.601. The fraction of sp³-hybridized carbons (Fsp3) is 0.923. The van der Waals surface area contributed by atoms with Gasteiger partial charge in [0.05, 0.1) is 5.60 Å². The van der Waals surface area contributed by atoms with E-state index >= 15 is 0 Å². The summed E-state index contributed by atoms with van der Waals surface area (Å²) in [5, 5.41) is 9.93. The zero-order chi connectivity index (χ0) is 12.5. The molecule has 98 valence electrons. The molecule has 2 fully saturated rings. The first-order valence-electron chi connectivity index (χ1n) is 6.74. The highest BCUT2D eigenvalue weighted by molar-refractivity contribution is 5.76. The number of carbonyl (C=O) groups is 1. The van der Waals surface area contributed by atoms with Crippen LogP contribution in [0, 0.1) is 5.92 Å². The van der Waals surface area contributed by atoms with Crippen LogP contribution in [0.25, 0.3) is 0 Å². The molecule has 1 saturated carbocycles. The summed E-state index contributed by atoms with van der Waals surface area (Å²) in [6.45, 7) is 3.91. The lowest BCUT2D eigenvalue weighted by Crippen LogP contribution is -2.47. The second kappa shape index (κ2) is 4.94. The van der Waals surface area contributed by atoms with Gasteiger partial charge in [0.25, 0.3) is 0 Å². The molecule has 0 atom stereocenters. The first kappa shape index (κ1) is 12.8. The predicted molar refractivity (Wildman–Crippen MR) is 66.4 cm³/mol. The van der Waals surface area contributed by atoms with E-state index < -0.39 is 5.60 Å². The molecule has 0 bridgehead atoms. The summed E-state index contributed by atoms with van der Waals surface area (Å²) < 4.78 is 0. The van der Waals surface area contributed by atoms with Crippen molar-refractivity contribution in [3.8, 4) is 0 Å². The van der Waals surface area contributed by atoms with Crippen molar-refractivity contribution < 1.29 is 9.90 Å². The lowest BCUT2D eigenvalue weighted by atomic mass is 9.82. The van der Waals surface area contributed by atoms with Crippen molar-refractivity contribution >= 4 is 5.91 Å². The molecule has 0 aromatic rings. The Kier molecular flexibility index (Phi) is 3.73. The van der Waals surface area contributed by atoms with Gasteiger partial charge in [-0.25, -0.2) is 0 Å². The SMILES string of the molecule is CC1(O)CCC(N2CCC(C(N)=O)CC2)CC1.